The van der Waals surface area contributed by atoms with Gasteiger partial charge in [0.2, 0.25) is 0 Å². The molecule has 0 saturated carbocycles. The molecule has 0 spiro atoms. The van der Waals surface area contributed by atoms with Crippen molar-refractivity contribution in [1.82, 2.24) is 0 Å². The Morgan fingerprint density at radius 1 is 0.950 bits per heavy atom. The van der Waals surface area contributed by atoms with Gasteiger partial charge in [-0.3, -0.25) is 0 Å². The first kappa shape index (κ1) is 14.1. The molecule has 0 amide bonds. The van der Waals surface area contributed by atoms with E-state index in [0.29, 0.717) is 5.56 Å². The van der Waals surface area contributed by atoms with E-state index in [1.165, 1.54) is 12.1 Å². The van der Waals surface area contributed by atoms with Gasteiger partial charge in [-0.2, -0.15) is 0 Å². The Balaban J connectivity index is 2.21. The van der Waals surface area contributed by atoms with Crippen LogP contribution in [0, 0.1) is 0 Å². The third kappa shape index (κ3) is 2.97. The van der Waals surface area contributed by atoms with Crippen molar-refractivity contribution in [2.24, 2.45) is 0 Å². The Kier molecular flexibility index (Phi) is 4.05. The number of carbonyl (C=O) groups is 1. The molecule has 0 heterocycles. The van der Waals surface area contributed by atoms with Crippen LogP contribution >= 0.6 is 0 Å². The highest BCUT2D eigenvalue weighted by Gasteiger charge is 2.11. The van der Waals surface area contributed by atoms with Gasteiger partial charge in [-0.25, -0.2) is 4.79 Å². The molecule has 104 valence electrons. The molecule has 4 heteroatoms. The molecule has 2 aromatic rings. The molecule has 20 heavy (non-hydrogen) atoms. The lowest BCUT2D eigenvalue weighted by molar-refractivity contribution is 0.0696. The Hall–Kier alpha value is -2.33. The Morgan fingerprint density at radius 3 is 1.80 bits per heavy atom. The van der Waals surface area contributed by atoms with E-state index in [1.54, 1.807) is 12.1 Å². The predicted octanol–water partition coefficient (Wildman–Crippen LogP) is 2.53. The summed E-state index contributed by atoms with van der Waals surface area (Å²) in [5, 5.41) is 19.1. The predicted molar refractivity (Wildman–Crippen MR) is 78.2 cm³/mol. The highest BCUT2D eigenvalue weighted by atomic mass is 16.4. The van der Waals surface area contributed by atoms with Crippen LogP contribution in [0.2, 0.25) is 0 Å². The molecular weight excluding hydrogens is 254 g/mol. The van der Waals surface area contributed by atoms with Crippen LogP contribution in [-0.4, -0.2) is 30.3 Å². The smallest absolute Gasteiger partial charge is 0.335 e. The second kappa shape index (κ2) is 5.75. The van der Waals surface area contributed by atoms with Crippen molar-refractivity contribution in [1.29, 1.82) is 0 Å². The molecule has 0 radical (unpaired) electrons. The third-order valence-corrected chi connectivity index (χ3v) is 3.20. The quantitative estimate of drug-likeness (QED) is 0.897. The fraction of sp³-hybridized carbons (Fsp3) is 0.188. The first-order chi connectivity index (χ1) is 9.49. The van der Waals surface area contributed by atoms with Crippen LogP contribution < -0.4 is 4.90 Å². The molecule has 2 rings (SSSR count). The van der Waals surface area contributed by atoms with Gasteiger partial charge >= 0.3 is 5.97 Å². The first-order valence-electron chi connectivity index (χ1n) is 6.27. The van der Waals surface area contributed by atoms with Crippen molar-refractivity contribution in [3.63, 3.8) is 0 Å². The highest BCUT2D eigenvalue weighted by molar-refractivity contribution is 5.87. The molecule has 1 unspecified atom stereocenters. The highest BCUT2D eigenvalue weighted by Crippen LogP contribution is 2.24. The van der Waals surface area contributed by atoms with E-state index in [9.17, 15) is 9.90 Å². The normalized spacial score (nSPS) is 11.9. The van der Waals surface area contributed by atoms with Gasteiger partial charge in [0, 0.05) is 19.8 Å². The number of carboxylic acid groups (broad SMARTS) is 1. The number of rotatable bonds is 4. The van der Waals surface area contributed by atoms with Crippen molar-refractivity contribution in [3.05, 3.63) is 65.2 Å². The van der Waals surface area contributed by atoms with Crippen LogP contribution in [0.5, 0.6) is 0 Å². The fourth-order valence-corrected chi connectivity index (χ4v) is 1.96. The molecule has 2 aromatic carbocycles. The van der Waals surface area contributed by atoms with Gasteiger partial charge in [0.1, 0.15) is 6.10 Å². The van der Waals surface area contributed by atoms with Crippen molar-refractivity contribution < 1.29 is 15.0 Å². The summed E-state index contributed by atoms with van der Waals surface area (Å²) in [5.74, 6) is -0.971. The summed E-state index contributed by atoms with van der Waals surface area (Å²) in [6, 6.07) is 13.9. The topological polar surface area (TPSA) is 60.8 Å². The molecule has 0 saturated heterocycles. The standard InChI is InChI=1S/C16H17NO3/c1-17(2)14-9-7-12(8-10-14)15(18)11-3-5-13(6-4-11)16(19)20/h3-10,15,18H,1-2H3,(H,19,20). The molecule has 0 aliphatic rings. The molecule has 0 bridgehead atoms. The maximum Gasteiger partial charge on any atom is 0.335 e. The van der Waals surface area contributed by atoms with E-state index in [2.05, 4.69) is 0 Å². The van der Waals surface area contributed by atoms with Gasteiger partial charge in [0.15, 0.2) is 0 Å². The number of anilines is 1. The zero-order chi connectivity index (χ0) is 14.7. The molecule has 0 aromatic heterocycles. The van der Waals surface area contributed by atoms with Crippen LogP contribution in [0.25, 0.3) is 0 Å². The van der Waals surface area contributed by atoms with E-state index in [-0.39, 0.29) is 5.56 Å². The Bertz CT molecular complexity index is 588. The first-order valence-corrected chi connectivity index (χ1v) is 6.27. The van der Waals surface area contributed by atoms with E-state index in [1.807, 2.05) is 43.3 Å². The second-order valence-corrected chi connectivity index (χ2v) is 4.82. The van der Waals surface area contributed by atoms with Crippen LogP contribution in [0.1, 0.15) is 27.6 Å². The summed E-state index contributed by atoms with van der Waals surface area (Å²) >= 11 is 0. The lowest BCUT2D eigenvalue weighted by Crippen LogP contribution is -2.08. The largest absolute Gasteiger partial charge is 0.478 e. The fourth-order valence-electron chi connectivity index (χ4n) is 1.96. The summed E-state index contributed by atoms with van der Waals surface area (Å²) in [5.41, 5.74) is 2.72. The average molecular weight is 271 g/mol. The van der Waals surface area contributed by atoms with E-state index in [4.69, 9.17) is 5.11 Å². The minimum atomic E-state index is -0.971. The minimum Gasteiger partial charge on any atom is -0.478 e. The number of hydrogen-bond acceptors (Lipinski definition) is 3. The lowest BCUT2D eigenvalue weighted by Gasteiger charge is -2.15. The summed E-state index contributed by atoms with van der Waals surface area (Å²) < 4.78 is 0. The van der Waals surface area contributed by atoms with Gasteiger partial charge in [-0.15, -0.1) is 0 Å². The molecule has 2 N–H and O–H groups in total. The minimum absolute atomic E-state index is 0.212. The Labute approximate surface area is 117 Å². The van der Waals surface area contributed by atoms with E-state index in [0.717, 1.165) is 11.3 Å². The van der Waals surface area contributed by atoms with Crippen molar-refractivity contribution in [2.75, 3.05) is 19.0 Å². The molecular formula is C16H17NO3. The number of hydrogen-bond donors (Lipinski definition) is 2. The monoisotopic (exact) mass is 271 g/mol. The maximum atomic E-state index is 10.8. The second-order valence-electron chi connectivity index (χ2n) is 4.82. The van der Waals surface area contributed by atoms with Gasteiger partial charge in [0.05, 0.1) is 5.56 Å². The summed E-state index contributed by atoms with van der Waals surface area (Å²) in [4.78, 5) is 12.8. The zero-order valence-electron chi connectivity index (χ0n) is 11.4. The molecule has 0 aliphatic carbocycles. The van der Waals surface area contributed by atoms with Crippen molar-refractivity contribution in [3.8, 4) is 0 Å². The van der Waals surface area contributed by atoms with E-state index < -0.39 is 12.1 Å². The number of carboxylic acids is 1. The van der Waals surface area contributed by atoms with Crippen molar-refractivity contribution >= 4 is 11.7 Å². The summed E-state index contributed by atoms with van der Waals surface area (Å²) in [7, 11) is 3.91. The molecule has 0 aliphatic heterocycles. The summed E-state index contributed by atoms with van der Waals surface area (Å²) in [6.45, 7) is 0. The summed E-state index contributed by atoms with van der Waals surface area (Å²) in [6.07, 6.45) is -0.756. The lowest BCUT2D eigenvalue weighted by atomic mass is 10.00. The molecule has 1 atom stereocenters. The van der Waals surface area contributed by atoms with Crippen molar-refractivity contribution in [2.45, 2.75) is 6.10 Å². The number of benzene rings is 2. The van der Waals surface area contributed by atoms with Gasteiger partial charge in [0.25, 0.3) is 0 Å². The van der Waals surface area contributed by atoms with E-state index >= 15 is 0 Å². The van der Waals surface area contributed by atoms with Crippen LogP contribution in [0.15, 0.2) is 48.5 Å². The van der Waals surface area contributed by atoms with Gasteiger partial charge in [-0.1, -0.05) is 24.3 Å². The number of aromatic carboxylic acids is 1. The zero-order valence-corrected chi connectivity index (χ0v) is 11.4. The average Bonchev–Trinajstić information content (AvgIpc) is 2.46. The molecule has 4 nitrogen and oxygen atoms in total. The Morgan fingerprint density at radius 2 is 1.40 bits per heavy atom. The van der Waals surface area contributed by atoms with Crippen LogP contribution in [-0.2, 0) is 0 Å². The van der Waals surface area contributed by atoms with Gasteiger partial charge < -0.3 is 15.1 Å². The maximum absolute atomic E-state index is 10.8. The van der Waals surface area contributed by atoms with Gasteiger partial charge in [-0.05, 0) is 35.4 Å². The number of aliphatic hydroxyl groups is 1. The molecule has 0 fully saturated rings. The SMILES string of the molecule is CN(C)c1ccc(C(O)c2ccc(C(=O)O)cc2)cc1. The third-order valence-electron chi connectivity index (χ3n) is 3.20. The van der Waals surface area contributed by atoms with Crippen LogP contribution in [0.3, 0.4) is 0 Å². The number of nitrogens with zero attached hydrogens (tertiary/aromatic N) is 1. The number of aliphatic hydroxyl groups excluding tert-OH is 1. The van der Waals surface area contributed by atoms with Crippen LogP contribution in [0.4, 0.5) is 5.69 Å².